The Labute approximate surface area is 156 Å². The lowest BCUT2D eigenvalue weighted by molar-refractivity contribution is -0.115. The Morgan fingerprint density at radius 2 is 1.77 bits per heavy atom. The number of sulfonamides is 1. The van der Waals surface area contributed by atoms with Crippen molar-refractivity contribution in [1.82, 2.24) is 9.71 Å². The number of hydrogen-bond acceptors (Lipinski definition) is 5. The summed E-state index contributed by atoms with van der Waals surface area (Å²) in [6.07, 6.45) is 0.153. The maximum atomic E-state index is 12.2. The molecule has 0 aliphatic rings. The molecule has 0 unspecified atom stereocenters. The molecule has 0 fully saturated rings. The van der Waals surface area contributed by atoms with Gasteiger partial charge in [0.15, 0.2) is 0 Å². The van der Waals surface area contributed by atoms with Gasteiger partial charge in [0.2, 0.25) is 15.9 Å². The predicted molar refractivity (Wildman–Crippen MR) is 103 cm³/mol. The average Bonchev–Trinajstić information content (AvgIpc) is 3.11. The van der Waals surface area contributed by atoms with Crippen LogP contribution in [0.5, 0.6) is 0 Å². The summed E-state index contributed by atoms with van der Waals surface area (Å²) in [5.74, 6) is -0.209. The number of hydrogen-bond donors (Lipinski definition) is 2. The number of amides is 1. The highest BCUT2D eigenvalue weighted by Gasteiger charge is 2.12. The number of aromatic nitrogens is 1. The van der Waals surface area contributed by atoms with Gasteiger partial charge < -0.3 is 5.32 Å². The summed E-state index contributed by atoms with van der Waals surface area (Å²) in [7, 11) is -2.14. The molecule has 0 saturated carbocycles. The van der Waals surface area contributed by atoms with E-state index in [-0.39, 0.29) is 17.2 Å². The Balaban J connectivity index is 1.64. The van der Waals surface area contributed by atoms with Crippen LogP contribution in [0.3, 0.4) is 0 Å². The number of nitrogens with zero attached hydrogens (tertiary/aromatic N) is 1. The zero-order valence-electron chi connectivity index (χ0n) is 14.0. The van der Waals surface area contributed by atoms with Gasteiger partial charge in [-0.1, -0.05) is 30.3 Å². The van der Waals surface area contributed by atoms with Gasteiger partial charge in [-0.05, 0) is 31.3 Å². The van der Waals surface area contributed by atoms with Gasteiger partial charge in [0, 0.05) is 16.6 Å². The van der Waals surface area contributed by atoms with E-state index in [1.54, 1.807) is 12.1 Å². The van der Waals surface area contributed by atoms with Gasteiger partial charge in [0.25, 0.3) is 0 Å². The first-order chi connectivity index (χ1) is 12.5. The molecular formula is C18H17N3O3S2. The molecule has 1 amide bonds. The fourth-order valence-corrected chi connectivity index (χ4v) is 3.86. The Kier molecular flexibility index (Phi) is 5.46. The highest BCUT2D eigenvalue weighted by Crippen LogP contribution is 2.23. The lowest BCUT2D eigenvalue weighted by Gasteiger charge is -2.06. The van der Waals surface area contributed by atoms with E-state index in [4.69, 9.17) is 0 Å². The molecule has 3 aromatic rings. The van der Waals surface area contributed by atoms with Crippen molar-refractivity contribution < 1.29 is 13.2 Å². The Hall–Kier alpha value is -2.55. The van der Waals surface area contributed by atoms with Crippen LogP contribution in [-0.4, -0.2) is 26.4 Å². The number of benzene rings is 2. The minimum absolute atomic E-state index is 0.144. The zero-order chi connectivity index (χ0) is 18.6. The van der Waals surface area contributed by atoms with Crippen molar-refractivity contribution in [2.75, 3.05) is 12.4 Å². The van der Waals surface area contributed by atoms with Crippen molar-refractivity contribution in [2.45, 2.75) is 11.3 Å². The Morgan fingerprint density at radius 1 is 1.08 bits per heavy atom. The number of carbonyl (C=O) groups excluding carboxylic acids is 1. The van der Waals surface area contributed by atoms with Crippen LogP contribution in [-0.2, 0) is 21.2 Å². The van der Waals surface area contributed by atoms with E-state index >= 15 is 0 Å². The number of thiazole rings is 1. The van der Waals surface area contributed by atoms with Crippen LogP contribution in [0, 0.1) is 0 Å². The number of carbonyl (C=O) groups is 1. The molecule has 3 rings (SSSR count). The standard InChI is InChI=1S/C18H17N3O3S2/c1-19-26(23,24)16-9-7-14(8-10-16)20-17(22)11-15-12-25-18(21-15)13-5-3-2-4-6-13/h2-10,12,19H,11H2,1H3,(H,20,22). The van der Waals surface area contributed by atoms with Gasteiger partial charge in [-0.25, -0.2) is 18.1 Å². The highest BCUT2D eigenvalue weighted by atomic mass is 32.2. The zero-order valence-corrected chi connectivity index (χ0v) is 15.6. The summed E-state index contributed by atoms with van der Waals surface area (Å²) in [5, 5.41) is 5.48. The summed E-state index contributed by atoms with van der Waals surface area (Å²) in [6.45, 7) is 0. The number of anilines is 1. The lowest BCUT2D eigenvalue weighted by atomic mass is 10.2. The molecule has 2 aromatic carbocycles. The maximum Gasteiger partial charge on any atom is 0.240 e. The van der Waals surface area contributed by atoms with Gasteiger partial charge in [0.05, 0.1) is 17.0 Å². The Bertz CT molecular complexity index is 998. The van der Waals surface area contributed by atoms with E-state index in [9.17, 15) is 13.2 Å². The largest absolute Gasteiger partial charge is 0.326 e. The van der Waals surface area contributed by atoms with Crippen molar-refractivity contribution in [1.29, 1.82) is 0 Å². The van der Waals surface area contributed by atoms with Crippen molar-refractivity contribution >= 4 is 33.0 Å². The molecule has 134 valence electrons. The smallest absolute Gasteiger partial charge is 0.240 e. The van der Waals surface area contributed by atoms with Gasteiger partial charge in [-0.2, -0.15) is 0 Å². The van der Waals surface area contributed by atoms with Crippen LogP contribution in [0.4, 0.5) is 5.69 Å². The molecule has 0 spiro atoms. The quantitative estimate of drug-likeness (QED) is 0.681. The third kappa shape index (κ3) is 4.34. The average molecular weight is 387 g/mol. The van der Waals surface area contributed by atoms with E-state index in [1.165, 1.54) is 30.5 Å². The van der Waals surface area contributed by atoms with E-state index in [0.717, 1.165) is 10.6 Å². The minimum atomic E-state index is -3.49. The number of nitrogens with one attached hydrogen (secondary N) is 2. The summed E-state index contributed by atoms with van der Waals surface area (Å²) >= 11 is 1.49. The van der Waals surface area contributed by atoms with Crippen molar-refractivity contribution in [3.8, 4) is 10.6 Å². The molecular weight excluding hydrogens is 370 g/mol. The van der Waals surface area contributed by atoms with Gasteiger partial charge in [0.1, 0.15) is 5.01 Å². The maximum absolute atomic E-state index is 12.2. The third-order valence-corrected chi connectivity index (χ3v) is 6.00. The first kappa shape index (κ1) is 18.2. The fraction of sp³-hybridized carbons (Fsp3) is 0.111. The molecule has 26 heavy (non-hydrogen) atoms. The molecule has 1 heterocycles. The molecule has 0 radical (unpaired) electrons. The van der Waals surface area contributed by atoms with Gasteiger partial charge in [-0.3, -0.25) is 4.79 Å². The molecule has 0 aliphatic carbocycles. The van der Waals surface area contributed by atoms with Crippen LogP contribution in [0.2, 0.25) is 0 Å². The van der Waals surface area contributed by atoms with Crippen LogP contribution in [0.15, 0.2) is 64.9 Å². The van der Waals surface area contributed by atoms with Crippen LogP contribution in [0.1, 0.15) is 5.69 Å². The molecule has 0 aliphatic heterocycles. The van der Waals surface area contributed by atoms with Crippen LogP contribution >= 0.6 is 11.3 Å². The van der Waals surface area contributed by atoms with E-state index in [1.807, 2.05) is 35.7 Å². The van der Waals surface area contributed by atoms with Gasteiger partial charge in [-0.15, -0.1) is 11.3 Å². The molecule has 6 nitrogen and oxygen atoms in total. The molecule has 0 bridgehead atoms. The first-order valence-electron chi connectivity index (χ1n) is 7.81. The predicted octanol–water partition coefficient (Wildman–Crippen LogP) is 2.90. The molecule has 8 heteroatoms. The summed E-state index contributed by atoms with van der Waals surface area (Å²) < 4.78 is 25.6. The van der Waals surface area contributed by atoms with E-state index in [0.29, 0.717) is 11.4 Å². The SMILES string of the molecule is CNS(=O)(=O)c1ccc(NC(=O)Cc2csc(-c3ccccc3)n2)cc1. The van der Waals surface area contributed by atoms with Crippen molar-refractivity contribution in [3.63, 3.8) is 0 Å². The summed E-state index contributed by atoms with van der Waals surface area (Å²) in [4.78, 5) is 16.8. The summed E-state index contributed by atoms with van der Waals surface area (Å²) in [6, 6.07) is 15.8. The van der Waals surface area contributed by atoms with Crippen molar-refractivity contribution in [2.24, 2.45) is 0 Å². The second-order valence-corrected chi connectivity index (χ2v) is 8.21. The van der Waals surface area contributed by atoms with Crippen LogP contribution < -0.4 is 10.0 Å². The fourth-order valence-electron chi connectivity index (χ4n) is 2.31. The van der Waals surface area contributed by atoms with E-state index in [2.05, 4.69) is 15.0 Å². The molecule has 2 N–H and O–H groups in total. The first-order valence-corrected chi connectivity index (χ1v) is 10.2. The molecule has 1 aromatic heterocycles. The van der Waals surface area contributed by atoms with Crippen LogP contribution in [0.25, 0.3) is 10.6 Å². The minimum Gasteiger partial charge on any atom is -0.326 e. The molecule has 0 saturated heterocycles. The Morgan fingerprint density at radius 3 is 2.42 bits per heavy atom. The lowest BCUT2D eigenvalue weighted by Crippen LogP contribution is -2.18. The topological polar surface area (TPSA) is 88.2 Å². The number of rotatable bonds is 6. The highest BCUT2D eigenvalue weighted by molar-refractivity contribution is 7.89. The monoisotopic (exact) mass is 387 g/mol. The van der Waals surface area contributed by atoms with Gasteiger partial charge >= 0.3 is 0 Å². The molecule has 0 atom stereocenters. The second-order valence-electron chi connectivity index (χ2n) is 5.47. The second kappa shape index (κ2) is 7.77. The van der Waals surface area contributed by atoms with E-state index < -0.39 is 10.0 Å². The van der Waals surface area contributed by atoms with Crippen molar-refractivity contribution in [3.05, 3.63) is 65.7 Å². The summed E-state index contributed by atoms with van der Waals surface area (Å²) in [5.41, 5.74) is 2.25. The normalized spacial score (nSPS) is 11.3. The third-order valence-electron chi connectivity index (χ3n) is 3.63.